The largest absolute Gasteiger partial charge is 0.444 e. The smallest absolute Gasteiger partial charge is 0.410 e. The maximum atomic E-state index is 12.6. The second-order valence-electron chi connectivity index (χ2n) is 8.85. The van der Waals surface area contributed by atoms with Gasteiger partial charge in [0.25, 0.3) is 0 Å². The van der Waals surface area contributed by atoms with Gasteiger partial charge in [0, 0.05) is 36.0 Å². The zero-order valence-electron chi connectivity index (χ0n) is 17.0. The molecular formula is C21H31ClN2O3. The third kappa shape index (κ3) is 6.42. The van der Waals surface area contributed by atoms with Crippen LogP contribution >= 0.6 is 11.6 Å². The van der Waals surface area contributed by atoms with E-state index < -0.39 is 5.60 Å². The second-order valence-corrected chi connectivity index (χ2v) is 9.29. The Morgan fingerprint density at radius 1 is 1.19 bits per heavy atom. The summed E-state index contributed by atoms with van der Waals surface area (Å²) in [6.45, 7) is 11.4. The van der Waals surface area contributed by atoms with Crippen LogP contribution in [0.4, 0.5) is 4.79 Å². The third-order valence-electron chi connectivity index (χ3n) is 4.83. The number of rotatable bonds is 4. The molecular weight excluding hydrogens is 364 g/mol. The van der Waals surface area contributed by atoms with E-state index in [-0.39, 0.29) is 23.3 Å². The molecule has 0 unspecified atom stereocenters. The molecule has 0 aliphatic carbocycles. The Kier molecular flexibility index (Phi) is 6.79. The van der Waals surface area contributed by atoms with Gasteiger partial charge in [0.05, 0.1) is 0 Å². The van der Waals surface area contributed by atoms with Gasteiger partial charge in [-0.25, -0.2) is 4.79 Å². The maximum Gasteiger partial charge on any atom is 0.410 e. The van der Waals surface area contributed by atoms with Crippen molar-refractivity contribution in [2.45, 2.75) is 58.5 Å². The van der Waals surface area contributed by atoms with Crippen molar-refractivity contribution in [3.63, 3.8) is 0 Å². The highest BCUT2D eigenvalue weighted by atomic mass is 35.5. The first-order valence-electron chi connectivity index (χ1n) is 9.50. The number of likely N-dealkylation sites (tertiary alicyclic amines) is 1. The van der Waals surface area contributed by atoms with E-state index in [9.17, 15) is 9.59 Å². The van der Waals surface area contributed by atoms with Crippen molar-refractivity contribution in [2.75, 3.05) is 19.6 Å². The molecule has 0 bridgehead atoms. The van der Waals surface area contributed by atoms with Crippen LogP contribution in [0.2, 0.25) is 5.02 Å². The molecule has 0 saturated carbocycles. The van der Waals surface area contributed by atoms with Crippen LogP contribution in [0, 0.1) is 5.92 Å². The van der Waals surface area contributed by atoms with E-state index in [0.717, 1.165) is 5.56 Å². The molecule has 0 aromatic heterocycles. The number of hydrogen-bond acceptors (Lipinski definition) is 3. The summed E-state index contributed by atoms with van der Waals surface area (Å²) < 4.78 is 5.40. The van der Waals surface area contributed by atoms with Gasteiger partial charge < -0.3 is 15.0 Å². The molecule has 0 spiro atoms. The summed E-state index contributed by atoms with van der Waals surface area (Å²) in [6.07, 6.45) is 1.01. The van der Waals surface area contributed by atoms with Crippen molar-refractivity contribution in [1.82, 2.24) is 10.2 Å². The molecule has 0 radical (unpaired) electrons. The Morgan fingerprint density at radius 3 is 2.37 bits per heavy atom. The Bertz CT molecular complexity index is 674. The molecule has 5 nitrogen and oxygen atoms in total. The number of benzene rings is 1. The minimum absolute atomic E-state index is 0.0499. The number of hydrogen-bond donors (Lipinski definition) is 1. The Hall–Kier alpha value is -1.75. The van der Waals surface area contributed by atoms with Crippen LogP contribution in [0.5, 0.6) is 0 Å². The van der Waals surface area contributed by atoms with E-state index in [1.54, 1.807) is 4.90 Å². The van der Waals surface area contributed by atoms with Gasteiger partial charge in [0.1, 0.15) is 5.60 Å². The van der Waals surface area contributed by atoms with Gasteiger partial charge >= 0.3 is 6.09 Å². The third-order valence-corrected chi connectivity index (χ3v) is 5.06. The molecule has 2 amide bonds. The average molecular weight is 395 g/mol. The number of amides is 2. The van der Waals surface area contributed by atoms with Crippen LogP contribution in [0.15, 0.2) is 24.3 Å². The minimum atomic E-state index is -0.503. The van der Waals surface area contributed by atoms with E-state index in [0.29, 0.717) is 37.5 Å². The fourth-order valence-electron chi connectivity index (χ4n) is 3.11. The Labute approximate surface area is 167 Å². The van der Waals surface area contributed by atoms with Gasteiger partial charge in [-0.1, -0.05) is 37.6 Å². The molecule has 150 valence electrons. The fraction of sp³-hybridized carbons (Fsp3) is 0.619. The summed E-state index contributed by atoms with van der Waals surface area (Å²) in [7, 11) is 0. The van der Waals surface area contributed by atoms with Crippen molar-refractivity contribution in [2.24, 2.45) is 5.92 Å². The molecule has 1 aliphatic rings. The summed E-state index contributed by atoms with van der Waals surface area (Å²) >= 11 is 6.08. The van der Waals surface area contributed by atoms with Gasteiger partial charge in [0.15, 0.2) is 0 Å². The quantitative estimate of drug-likeness (QED) is 0.824. The predicted octanol–water partition coefficient (Wildman–Crippen LogP) is 4.38. The van der Waals surface area contributed by atoms with E-state index in [4.69, 9.17) is 16.3 Å². The molecule has 1 aromatic carbocycles. The van der Waals surface area contributed by atoms with Gasteiger partial charge in [-0.05, 0) is 51.3 Å². The molecule has 1 aromatic rings. The van der Waals surface area contributed by atoms with Crippen LogP contribution in [0.3, 0.4) is 0 Å². The van der Waals surface area contributed by atoms with Gasteiger partial charge in [-0.2, -0.15) is 0 Å². The highest BCUT2D eigenvalue weighted by molar-refractivity contribution is 6.30. The lowest BCUT2D eigenvalue weighted by Gasteiger charge is -2.33. The van der Waals surface area contributed by atoms with Crippen molar-refractivity contribution in [1.29, 1.82) is 0 Å². The number of nitrogens with zero attached hydrogens (tertiary/aromatic N) is 1. The lowest BCUT2D eigenvalue weighted by atomic mass is 9.84. The fourth-order valence-corrected chi connectivity index (χ4v) is 3.30. The first kappa shape index (κ1) is 21.5. The van der Waals surface area contributed by atoms with Crippen LogP contribution in [0.25, 0.3) is 0 Å². The minimum Gasteiger partial charge on any atom is -0.444 e. The number of carbonyl (C=O) groups is 2. The van der Waals surface area contributed by atoms with E-state index in [1.807, 2.05) is 45.0 Å². The molecule has 6 heteroatoms. The molecule has 2 rings (SSSR count). The lowest BCUT2D eigenvalue weighted by molar-refractivity contribution is -0.126. The molecule has 1 saturated heterocycles. The normalized spacial score (nSPS) is 16.1. The van der Waals surface area contributed by atoms with Crippen LogP contribution in [-0.4, -0.2) is 42.1 Å². The summed E-state index contributed by atoms with van der Waals surface area (Å²) in [5.41, 5.74) is 0.379. The number of nitrogens with one attached hydrogen (secondary N) is 1. The number of ether oxygens (including phenoxy) is 1. The van der Waals surface area contributed by atoms with Crippen molar-refractivity contribution >= 4 is 23.6 Å². The number of halogens is 1. The Morgan fingerprint density at radius 2 is 1.81 bits per heavy atom. The highest BCUT2D eigenvalue weighted by Gasteiger charge is 2.31. The molecule has 1 N–H and O–H groups in total. The molecule has 1 aliphatic heterocycles. The van der Waals surface area contributed by atoms with Gasteiger partial charge in [-0.3, -0.25) is 4.79 Å². The van der Waals surface area contributed by atoms with Crippen LogP contribution in [0.1, 0.15) is 53.0 Å². The number of carbonyl (C=O) groups excluding carboxylic acids is 2. The molecule has 1 fully saturated rings. The van der Waals surface area contributed by atoms with Crippen LogP contribution in [-0.2, 0) is 14.9 Å². The number of piperidine rings is 1. The summed E-state index contributed by atoms with van der Waals surface area (Å²) in [6, 6.07) is 7.73. The summed E-state index contributed by atoms with van der Waals surface area (Å²) in [5, 5.41) is 3.77. The first-order valence-corrected chi connectivity index (χ1v) is 9.87. The van der Waals surface area contributed by atoms with Crippen molar-refractivity contribution in [3.8, 4) is 0 Å². The van der Waals surface area contributed by atoms with E-state index in [2.05, 4.69) is 19.2 Å². The standard InChI is InChI=1S/C21H31ClN2O3/c1-20(2,3)27-19(26)24-11-9-15(10-12-24)18(25)23-14-21(4,5)16-7-6-8-17(22)13-16/h6-8,13,15H,9-12,14H2,1-5H3,(H,23,25). The van der Waals surface area contributed by atoms with Crippen molar-refractivity contribution < 1.29 is 14.3 Å². The topological polar surface area (TPSA) is 58.6 Å². The Balaban J connectivity index is 1.83. The predicted molar refractivity (Wildman–Crippen MR) is 108 cm³/mol. The van der Waals surface area contributed by atoms with Gasteiger partial charge in [-0.15, -0.1) is 0 Å². The average Bonchev–Trinajstić information content (AvgIpc) is 2.58. The lowest BCUT2D eigenvalue weighted by Crippen LogP contribution is -2.46. The molecule has 1 heterocycles. The van der Waals surface area contributed by atoms with Crippen LogP contribution < -0.4 is 5.32 Å². The first-order chi connectivity index (χ1) is 12.5. The maximum absolute atomic E-state index is 12.6. The van der Waals surface area contributed by atoms with Gasteiger partial charge in [0.2, 0.25) is 5.91 Å². The van der Waals surface area contributed by atoms with E-state index >= 15 is 0 Å². The van der Waals surface area contributed by atoms with E-state index in [1.165, 1.54) is 0 Å². The zero-order valence-corrected chi connectivity index (χ0v) is 17.7. The molecule has 0 atom stereocenters. The summed E-state index contributed by atoms with van der Waals surface area (Å²) in [4.78, 5) is 26.4. The highest BCUT2D eigenvalue weighted by Crippen LogP contribution is 2.26. The second kappa shape index (κ2) is 8.51. The SMILES string of the molecule is CC(C)(C)OC(=O)N1CCC(C(=O)NCC(C)(C)c2cccc(Cl)c2)CC1. The zero-order chi connectivity index (χ0) is 20.2. The monoisotopic (exact) mass is 394 g/mol. The molecule has 27 heavy (non-hydrogen) atoms. The van der Waals surface area contributed by atoms with Crippen molar-refractivity contribution in [3.05, 3.63) is 34.9 Å². The summed E-state index contributed by atoms with van der Waals surface area (Å²) in [5.74, 6) is -0.0206.